The first-order valence-electron chi connectivity index (χ1n) is 17.8. The molecule has 260 valence electrons. The van der Waals surface area contributed by atoms with Gasteiger partial charge in [-0.15, -0.1) is 6.42 Å². The lowest BCUT2D eigenvalue weighted by molar-refractivity contribution is 1.64. The number of hydrogen-bond donors (Lipinski definition) is 0. The van der Waals surface area contributed by atoms with Gasteiger partial charge in [-0.2, -0.15) is 0 Å². The number of halogens is 3. The average molecular weight is 896 g/mol. The van der Waals surface area contributed by atoms with E-state index in [4.69, 9.17) is 6.42 Å². The van der Waals surface area contributed by atoms with Gasteiger partial charge in [0.2, 0.25) is 0 Å². The molecule has 0 spiro atoms. The Hall–Kier alpha value is -5.68. The van der Waals surface area contributed by atoms with Gasteiger partial charge < -0.3 is 0 Å². The van der Waals surface area contributed by atoms with Crippen LogP contribution in [0.5, 0.6) is 0 Å². The molecular formula is C52H31Br3. The van der Waals surface area contributed by atoms with Crippen LogP contribution in [0.15, 0.2) is 195 Å². The number of hydrogen-bond acceptors (Lipinski definition) is 0. The molecule has 10 aromatic carbocycles. The van der Waals surface area contributed by atoms with Gasteiger partial charge in [-0.05, 0) is 137 Å². The van der Waals surface area contributed by atoms with E-state index in [1.165, 1.54) is 53.9 Å². The minimum Gasteiger partial charge on any atom is -0.115 e. The van der Waals surface area contributed by atoms with Crippen LogP contribution < -0.4 is 0 Å². The molecule has 10 aromatic rings. The zero-order chi connectivity index (χ0) is 37.7. The van der Waals surface area contributed by atoms with Gasteiger partial charge in [0, 0.05) is 30.1 Å². The summed E-state index contributed by atoms with van der Waals surface area (Å²) in [7, 11) is 0. The van der Waals surface area contributed by atoms with E-state index in [1.807, 2.05) is 42.5 Å². The fourth-order valence-corrected chi connectivity index (χ4v) is 8.31. The van der Waals surface area contributed by atoms with E-state index in [1.54, 1.807) is 0 Å². The van der Waals surface area contributed by atoms with Crippen LogP contribution in [0.1, 0.15) is 16.7 Å². The lowest BCUT2D eigenvalue weighted by Gasteiger charge is -2.07. The maximum atomic E-state index is 5.63. The summed E-state index contributed by atoms with van der Waals surface area (Å²) in [6.07, 6.45) is 5.63. The second-order valence-corrected chi connectivity index (χ2v) is 15.5. The Kier molecular flexibility index (Phi) is 10.8. The first-order chi connectivity index (χ1) is 27.0. The fraction of sp³-hybridized carbons (Fsp3) is 0. The van der Waals surface area contributed by atoms with E-state index in [0.29, 0.717) is 0 Å². The highest BCUT2D eigenvalue weighted by Crippen LogP contribution is 2.32. The van der Waals surface area contributed by atoms with Gasteiger partial charge in [0.25, 0.3) is 0 Å². The monoisotopic (exact) mass is 892 g/mol. The van der Waals surface area contributed by atoms with Gasteiger partial charge in [0.1, 0.15) is 0 Å². The Bertz CT molecular complexity index is 3050. The lowest BCUT2D eigenvalue weighted by atomic mass is 9.96. The molecule has 0 unspecified atom stereocenters. The molecule has 3 heteroatoms. The summed E-state index contributed by atoms with van der Waals surface area (Å²) in [4.78, 5) is 0. The van der Waals surface area contributed by atoms with Crippen LogP contribution >= 0.6 is 47.8 Å². The SMILES string of the molecule is Brc1ccc2ccccc2c1Br.Brc1ccc2ccccc2c1C#Cc1c2ccccc2cc2ccccc12.C#Cc1c2ccccc2cc2ccccc12. The molecule has 0 aromatic heterocycles. The number of rotatable bonds is 0. The zero-order valence-corrected chi connectivity index (χ0v) is 34.3. The van der Waals surface area contributed by atoms with Crippen molar-refractivity contribution < 1.29 is 0 Å². The van der Waals surface area contributed by atoms with Gasteiger partial charge in [0.15, 0.2) is 0 Å². The van der Waals surface area contributed by atoms with E-state index < -0.39 is 0 Å². The van der Waals surface area contributed by atoms with Crippen LogP contribution in [0.25, 0.3) is 64.6 Å². The molecule has 10 rings (SSSR count). The van der Waals surface area contributed by atoms with Gasteiger partial charge in [0.05, 0.1) is 0 Å². The van der Waals surface area contributed by atoms with Crippen molar-refractivity contribution in [2.75, 3.05) is 0 Å². The molecule has 0 saturated heterocycles. The predicted molar refractivity (Wildman–Crippen MR) is 248 cm³/mol. The van der Waals surface area contributed by atoms with Gasteiger partial charge in [-0.25, -0.2) is 0 Å². The van der Waals surface area contributed by atoms with Gasteiger partial charge in [-0.3, -0.25) is 0 Å². The van der Waals surface area contributed by atoms with Gasteiger partial charge >= 0.3 is 0 Å². The van der Waals surface area contributed by atoms with Crippen molar-refractivity contribution in [1.29, 1.82) is 0 Å². The molecule has 0 fully saturated rings. The molecule has 0 saturated carbocycles. The van der Waals surface area contributed by atoms with E-state index in [-0.39, 0.29) is 0 Å². The van der Waals surface area contributed by atoms with Crippen LogP contribution in [0.2, 0.25) is 0 Å². The Morgan fingerprint density at radius 2 is 0.636 bits per heavy atom. The summed E-state index contributed by atoms with van der Waals surface area (Å²) >= 11 is 10.7. The largest absolute Gasteiger partial charge is 0.115 e. The third kappa shape index (κ3) is 7.53. The van der Waals surface area contributed by atoms with Crippen molar-refractivity contribution in [2.24, 2.45) is 0 Å². The van der Waals surface area contributed by atoms with Crippen LogP contribution in [0, 0.1) is 24.2 Å². The maximum Gasteiger partial charge on any atom is 0.0469 e. The third-order valence-electron chi connectivity index (χ3n) is 9.69. The molecule has 0 amide bonds. The molecule has 55 heavy (non-hydrogen) atoms. The Morgan fingerprint density at radius 3 is 1.09 bits per heavy atom. The van der Waals surface area contributed by atoms with Crippen molar-refractivity contribution in [3.05, 3.63) is 212 Å². The Labute approximate surface area is 346 Å². The lowest BCUT2D eigenvalue weighted by Crippen LogP contribution is -1.86. The molecule has 0 aliphatic rings. The molecule has 0 aliphatic carbocycles. The fourth-order valence-electron chi connectivity index (χ4n) is 7.02. The summed E-state index contributed by atoms with van der Waals surface area (Å²) in [5, 5.41) is 14.4. The number of benzene rings is 10. The summed E-state index contributed by atoms with van der Waals surface area (Å²) < 4.78 is 3.25. The molecule has 0 N–H and O–H groups in total. The Morgan fingerprint density at radius 1 is 0.309 bits per heavy atom. The summed E-state index contributed by atoms with van der Waals surface area (Å²) in [6.45, 7) is 0. The highest BCUT2D eigenvalue weighted by atomic mass is 79.9. The highest BCUT2D eigenvalue weighted by molar-refractivity contribution is 9.13. The minimum atomic E-state index is 0.994. The molecule has 0 atom stereocenters. The predicted octanol–water partition coefficient (Wildman–Crippen LogP) is 15.6. The standard InChI is InChI=1S/C26H15Br.C16H10.C10H6Br2/c27-26-16-13-18-7-1-4-10-21(18)25(26)15-14-24-22-11-5-2-8-19(22)17-20-9-3-6-12-23(20)24;1-2-14-15-9-5-3-7-12(15)11-13-8-4-6-10-16(13)14;11-9-6-5-7-3-1-2-4-8(7)10(9)12/h1-13,16-17H;1,3-11H;1-6H. The number of fused-ring (bicyclic) bond motifs is 6. The van der Waals surface area contributed by atoms with Crippen molar-refractivity contribution in [3.63, 3.8) is 0 Å². The quantitative estimate of drug-likeness (QED) is 0.105. The summed E-state index contributed by atoms with van der Waals surface area (Å²) in [5.41, 5.74) is 3.11. The van der Waals surface area contributed by atoms with Crippen molar-refractivity contribution in [1.82, 2.24) is 0 Å². The van der Waals surface area contributed by atoms with E-state index >= 15 is 0 Å². The van der Waals surface area contributed by atoms with Crippen LogP contribution in [0.4, 0.5) is 0 Å². The first-order valence-corrected chi connectivity index (χ1v) is 20.2. The second kappa shape index (κ2) is 16.4. The molecule has 0 bridgehead atoms. The molecule has 0 nitrogen and oxygen atoms in total. The second-order valence-electron chi connectivity index (χ2n) is 13.0. The first kappa shape index (κ1) is 36.3. The van der Waals surface area contributed by atoms with E-state index in [0.717, 1.165) is 40.9 Å². The van der Waals surface area contributed by atoms with E-state index in [2.05, 4.69) is 205 Å². The molecular weight excluding hydrogens is 864 g/mol. The Balaban J connectivity index is 0.000000129. The van der Waals surface area contributed by atoms with Crippen molar-refractivity contribution >= 4 is 112 Å². The molecule has 0 aliphatic heterocycles. The minimum absolute atomic E-state index is 0.994. The van der Waals surface area contributed by atoms with Crippen molar-refractivity contribution in [2.45, 2.75) is 0 Å². The smallest absolute Gasteiger partial charge is 0.0469 e. The normalized spacial score (nSPS) is 10.7. The van der Waals surface area contributed by atoms with E-state index in [9.17, 15) is 0 Å². The molecule has 0 heterocycles. The highest BCUT2D eigenvalue weighted by Gasteiger charge is 2.08. The number of terminal acetylenes is 1. The topological polar surface area (TPSA) is 0 Å². The molecule has 0 radical (unpaired) electrons. The summed E-state index contributed by atoms with van der Waals surface area (Å²) in [6, 6.07) is 62.9. The van der Waals surface area contributed by atoms with Crippen LogP contribution in [-0.2, 0) is 0 Å². The zero-order valence-electron chi connectivity index (χ0n) is 29.5. The van der Waals surface area contributed by atoms with Crippen LogP contribution in [-0.4, -0.2) is 0 Å². The van der Waals surface area contributed by atoms with Crippen LogP contribution in [0.3, 0.4) is 0 Å². The third-order valence-corrected chi connectivity index (χ3v) is 12.4. The van der Waals surface area contributed by atoms with Gasteiger partial charge in [-0.1, -0.05) is 175 Å². The summed E-state index contributed by atoms with van der Waals surface area (Å²) in [5.74, 6) is 9.77. The van der Waals surface area contributed by atoms with Crippen molar-refractivity contribution in [3.8, 4) is 24.2 Å². The maximum absolute atomic E-state index is 5.63. The average Bonchev–Trinajstić information content (AvgIpc) is 3.24.